The van der Waals surface area contributed by atoms with Crippen molar-refractivity contribution in [2.75, 3.05) is 5.73 Å². The summed E-state index contributed by atoms with van der Waals surface area (Å²) in [7, 11) is 0. The molecule has 5 heteroatoms. The zero-order valence-electron chi connectivity index (χ0n) is 12.2. The molecule has 0 radical (unpaired) electrons. The molecule has 0 aliphatic heterocycles. The first-order chi connectivity index (χ1) is 9.80. The molecule has 21 heavy (non-hydrogen) atoms. The largest absolute Gasteiger partial charge is 0.481 e. The SMILES string of the molecule is CC(C)(C(=O)NC1C=CC(C(=O)O)C1)c1ccc(N)cc1. The zero-order chi connectivity index (χ0) is 15.6. The number of rotatable bonds is 4. The van der Waals surface area contributed by atoms with Crippen molar-refractivity contribution >= 4 is 17.6 Å². The van der Waals surface area contributed by atoms with Crippen LogP contribution in [0, 0.1) is 5.92 Å². The number of amides is 1. The predicted molar refractivity (Wildman–Crippen MR) is 80.7 cm³/mol. The number of carboxylic acids is 1. The highest BCUT2D eigenvalue weighted by molar-refractivity contribution is 5.88. The number of benzene rings is 1. The Bertz CT molecular complexity index is 576. The van der Waals surface area contributed by atoms with Gasteiger partial charge in [-0.05, 0) is 38.0 Å². The van der Waals surface area contributed by atoms with Gasteiger partial charge in [0.25, 0.3) is 0 Å². The molecule has 0 fully saturated rings. The van der Waals surface area contributed by atoms with E-state index in [2.05, 4.69) is 5.32 Å². The molecule has 1 aromatic rings. The molecule has 2 atom stereocenters. The lowest BCUT2D eigenvalue weighted by molar-refractivity contribution is -0.140. The Labute approximate surface area is 123 Å². The van der Waals surface area contributed by atoms with Gasteiger partial charge >= 0.3 is 5.97 Å². The van der Waals surface area contributed by atoms with Crippen LogP contribution in [-0.2, 0) is 15.0 Å². The van der Waals surface area contributed by atoms with E-state index in [0.717, 1.165) is 5.56 Å². The number of aliphatic carboxylic acids is 1. The molecule has 0 heterocycles. The van der Waals surface area contributed by atoms with E-state index < -0.39 is 17.3 Å². The summed E-state index contributed by atoms with van der Waals surface area (Å²) in [6, 6.07) is 6.96. The minimum absolute atomic E-state index is 0.132. The van der Waals surface area contributed by atoms with Gasteiger partial charge in [-0.2, -0.15) is 0 Å². The predicted octanol–water partition coefficient (Wildman–Crippen LogP) is 1.69. The van der Waals surface area contributed by atoms with Crippen molar-refractivity contribution in [2.24, 2.45) is 5.92 Å². The molecule has 112 valence electrons. The number of hydrogen-bond donors (Lipinski definition) is 3. The van der Waals surface area contributed by atoms with Crippen LogP contribution in [0.3, 0.4) is 0 Å². The van der Waals surface area contributed by atoms with Crippen molar-refractivity contribution in [1.29, 1.82) is 0 Å². The van der Waals surface area contributed by atoms with E-state index in [9.17, 15) is 9.59 Å². The Kier molecular flexibility index (Phi) is 4.02. The molecular weight excluding hydrogens is 268 g/mol. The van der Waals surface area contributed by atoms with E-state index in [1.165, 1.54) is 0 Å². The standard InChI is InChI=1S/C16H20N2O3/c1-16(2,11-4-6-12(17)7-5-11)15(21)18-13-8-3-10(9-13)14(19)20/h3-8,10,13H,9,17H2,1-2H3,(H,18,21)(H,19,20). The maximum absolute atomic E-state index is 12.5. The number of carboxylic acid groups (broad SMARTS) is 1. The second-order valence-electron chi connectivity index (χ2n) is 5.89. The summed E-state index contributed by atoms with van der Waals surface area (Å²) >= 11 is 0. The van der Waals surface area contributed by atoms with Gasteiger partial charge < -0.3 is 16.2 Å². The third-order valence-corrected chi connectivity index (χ3v) is 3.92. The van der Waals surface area contributed by atoms with E-state index in [0.29, 0.717) is 12.1 Å². The molecule has 0 aromatic heterocycles. The number of nitrogens with two attached hydrogens (primary N) is 1. The van der Waals surface area contributed by atoms with Crippen LogP contribution in [0.1, 0.15) is 25.8 Å². The molecule has 0 saturated carbocycles. The first kappa shape index (κ1) is 15.1. The number of nitrogens with one attached hydrogen (secondary N) is 1. The van der Waals surface area contributed by atoms with Gasteiger partial charge in [0.1, 0.15) is 0 Å². The van der Waals surface area contributed by atoms with Gasteiger partial charge in [0.05, 0.1) is 11.3 Å². The van der Waals surface area contributed by atoms with Crippen LogP contribution in [0.2, 0.25) is 0 Å². The second kappa shape index (κ2) is 5.60. The molecule has 1 amide bonds. The van der Waals surface area contributed by atoms with E-state index in [-0.39, 0.29) is 11.9 Å². The molecule has 1 aliphatic rings. The average molecular weight is 288 g/mol. The summed E-state index contributed by atoms with van der Waals surface area (Å²) in [5.41, 5.74) is 6.47. The molecule has 5 nitrogen and oxygen atoms in total. The van der Waals surface area contributed by atoms with E-state index in [4.69, 9.17) is 10.8 Å². The average Bonchev–Trinajstić information content (AvgIpc) is 2.88. The van der Waals surface area contributed by atoms with Gasteiger partial charge in [0, 0.05) is 11.7 Å². The number of nitrogen functional groups attached to an aromatic ring is 1. The monoisotopic (exact) mass is 288 g/mol. The summed E-state index contributed by atoms with van der Waals surface area (Å²) in [4.78, 5) is 23.4. The highest BCUT2D eigenvalue weighted by Gasteiger charge is 2.33. The first-order valence-electron chi connectivity index (χ1n) is 6.89. The van der Waals surface area contributed by atoms with Crippen LogP contribution in [0.25, 0.3) is 0 Å². The van der Waals surface area contributed by atoms with Gasteiger partial charge in [0.15, 0.2) is 0 Å². The van der Waals surface area contributed by atoms with Crippen LogP contribution in [0.15, 0.2) is 36.4 Å². The molecular formula is C16H20N2O3. The third kappa shape index (κ3) is 3.24. The molecule has 1 aromatic carbocycles. The Balaban J connectivity index is 2.04. The number of carbonyl (C=O) groups excluding carboxylic acids is 1. The van der Waals surface area contributed by atoms with E-state index >= 15 is 0 Å². The van der Waals surface area contributed by atoms with Crippen LogP contribution < -0.4 is 11.1 Å². The van der Waals surface area contributed by atoms with Crippen molar-refractivity contribution in [1.82, 2.24) is 5.32 Å². The lowest BCUT2D eigenvalue weighted by Crippen LogP contribution is -2.44. The van der Waals surface area contributed by atoms with Crippen molar-refractivity contribution in [2.45, 2.75) is 31.7 Å². The van der Waals surface area contributed by atoms with Gasteiger partial charge in [0.2, 0.25) is 5.91 Å². The van der Waals surface area contributed by atoms with Crippen LogP contribution in [0.5, 0.6) is 0 Å². The minimum Gasteiger partial charge on any atom is -0.481 e. The lowest BCUT2D eigenvalue weighted by atomic mass is 9.83. The number of hydrogen-bond acceptors (Lipinski definition) is 3. The summed E-state index contributed by atoms with van der Waals surface area (Å²) in [6.07, 6.45) is 3.78. The summed E-state index contributed by atoms with van der Waals surface area (Å²) in [6.45, 7) is 3.67. The molecule has 0 bridgehead atoms. The van der Waals surface area contributed by atoms with E-state index in [1.54, 1.807) is 24.3 Å². The summed E-state index contributed by atoms with van der Waals surface area (Å²) in [5.74, 6) is -1.51. The minimum atomic E-state index is -0.860. The maximum Gasteiger partial charge on any atom is 0.310 e. The Morgan fingerprint density at radius 1 is 1.24 bits per heavy atom. The topological polar surface area (TPSA) is 92.4 Å². The van der Waals surface area contributed by atoms with Crippen molar-refractivity contribution in [3.05, 3.63) is 42.0 Å². The molecule has 0 spiro atoms. The van der Waals surface area contributed by atoms with Crippen LogP contribution in [-0.4, -0.2) is 23.0 Å². The fourth-order valence-corrected chi connectivity index (χ4v) is 2.37. The Morgan fingerprint density at radius 3 is 2.38 bits per heavy atom. The number of anilines is 1. The summed E-state index contributed by atoms with van der Waals surface area (Å²) in [5, 5.41) is 11.8. The Morgan fingerprint density at radius 2 is 1.86 bits per heavy atom. The third-order valence-electron chi connectivity index (χ3n) is 3.92. The van der Waals surface area contributed by atoms with Crippen LogP contribution >= 0.6 is 0 Å². The second-order valence-corrected chi connectivity index (χ2v) is 5.89. The molecule has 2 rings (SSSR count). The van der Waals surface area contributed by atoms with Gasteiger partial charge in [-0.3, -0.25) is 9.59 Å². The Hall–Kier alpha value is -2.30. The molecule has 2 unspecified atom stereocenters. The highest BCUT2D eigenvalue weighted by Crippen LogP contribution is 2.26. The smallest absolute Gasteiger partial charge is 0.310 e. The maximum atomic E-state index is 12.5. The van der Waals surface area contributed by atoms with Gasteiger partial charge in [-0.15, -0.1) is 0 Å². The van der Waals surface area contributed by atoms with Gasteiger partial charge in [-0.1, -0.05) is 24.3 Å². The van der Waals surface area contributed by atoms with Crippen molar-refractivity contribution in [3.63, 3.8) is 0 Å². The quantitative estimate of drug-likeness (QED) is 0.580. The zero-order valence-corrected chi connectivity index (χ0v) is 12.2. The van der Waals surface area contributed by atoms with Crippen molar-refractivity contribution in [3.8, 4) is 0 Å². The molecule has 4 N–H and O–H groups in total. The lowest BCUT2D eigenvalue weighted by Gasteiger charge is -2.26. The number of carbonyl (C=O) groups is 2. The van der Waals surface area contributed by atoms with Crippen molar-refractivity contribution < 1.29 is 14.7 Å². The fraction of sp³-hybridized carbons (Fsp3) is 0.375. The molecule has 0 saturated heterocycles. The van der Waals surface area contributed by atoms with Gasteiger partial charge in [-0.25, -0.2) is 0 Å². The normalized spacial score (nSPS) is 21.2. The fourth-order valence-electron chi connectivity index (χ4n) is 2.37. The highest BCUT2D eigenvalue weighted by atomic mass is 16.4. The molecule has 1 aliphatic carbocycles. The van der Waals surface area contributed by atoms with Crippen LogP contribution in [0.4, 0.5) is 5.69 Å². The van der Waals surface area contributed by atoms with E-state index in [1.807, 2.05) is 26.0 Å². The summed E-state index contributed by atoms with van der Waals surface area (Å²) < 4.78 is 0. The first-order valence-corrected chi connectivity index (χ1v) is 6.89.